The van der Waals surface area contributed by atoms with Gasteiger partial charge in [0, 0.05) is 17.8 Å². The molecule has 0 bridgehead atoms. The first-order valence-corrected chi connectivity index (χ1v) is 11.8. The molecule has 3 aromatic rings. The Hall–Kier alpha value is -4.39. The van der Waals surface area contributed by atoms with Crippen molar-refractivity contribution in [3.8, 4) is 11.5 Å². The maximum absolute atomic E-state index is 14.1. The van der Waals surface area contributed by atoms with Gasteiger partial charge in [-0.2, -0.15) is 0 Å². The molecule has 3 aliphatic heterocycles. The lowest BCUT2D eigenvalue weighted by molar-refractivity contribution is -0.123. The van der Waals surface area contributed by atoms with Crippen LogP contribution in [-0.4, -0.2) is 42.8 Å². The smallest absolute Gasteiger partial charge is 0.240 e. The lowest BCUT2D eigenvalue weighted by Crippen LogP contribution is -2.44. The van der Waals surface area contributed by atoms with E-state index in [0.717, 1.165) is 11.1 Å². The molecule has 3 aliphatic rings. The van der Waals surface area contributed by atoms with Crippen LogP contribution in [0.25, 0.3) is 6.08 Å². The van der Waals surface area contributed by atoms with Gasteiger partial charge in [0.15, 0.2) is 5.78 Å². The minimum Gasteiger partial charge on any atom is -0.497 e. The molecule has 4 atom stereocenters. The fraction of sp³-hybridized carbons (Fsp3) is 0.207. The average molecular weight is 481 g/mol. The van der Waals surface area contributed by atoms with Crippen molar-refractivity contribution in [1.29, 1.82) is 0 Å². The van der Waals surface area contributed by atoms with E-state index in [-0.39, 0.29) is 11.7 Å². The molecular formula is C29H24N2O5. The minimum absolute atomic E-state index is 0.183. The Kier molecular flexibility index (Phi) is 5.14. The van der Waals surface area contributed by atoms with Gasteiger partial charge >= 0.3 is 0 Å². The molecule has 3 aromatic carbocycles. The number of ether oxygens (including phenoxy) is 2. The number of hydrogen-bond donors (Lipinski definition) is 0. The zero-order valence-corrected chi connectivity index (χ0v) is 19.8. The Bertz CT molecular complexity index is 1420. The molecular weight excluding hydrogens is 456 g/mol. The van der Waals surface area contributed by atoms with E-state index in [1.54, 1.807) is 42.5 Å². The van der Waals surface area contributed by atoms with Crippen LogP contribution in [0.1, 0.15) is 27.5 Å². The number of ketones is 1. The lowest BCUT2D eigenvalue weighted by atomic mass is 9.83. The quantitative estimate of drug-likeness (QED) is 0.404. The van der Waals surface area contributed by atoms with Crippen molar-refractivity contribution in [2.24, 2.45) is 11.8 Å². The zero-order valence-electron chi connectivity index (χ0n) is 19.8. The van der Waals surface area contributed by atoms with Gasteiger partial charge in [-0.05, 0) is 29.3 Å². The number of nitrogens with zero attached hydrogens (tertiary/aromatic N) is 2. The molecule has 0 spiro atoms. The molecule has 0 saturated carbocycles. The highest BCUT2D eigenvalue weighted by atomic mass is 16.5. The molecule has 180 valence electrons. The number of hydrogen-bond acceptors (Lipinski definition) is 6. The van der Waals surface area contributed by atoms with Crippen LogP contribution in [0.2, 0.25) is 0 Å². The highest BCUT2D eigenvalue weighted by molar-refractivity contribution is 6.25. The Balaban J connectivity index is 1.51. The van der Waals surface area contributed by atoms with Gasteiger partial charge in [-0.3, -0.25) is 14.4 Å². The molecule has 2 saturated heterocycles. The van der Waals surface area contributed by atoms with E-state index in [0.29, 0.717) is 22.7 Å². The second-order valence-corrected chi connectivity index (χ2v) is 9.11. The van der Waals surface area contributed by atoms with E-state index in [2.05, 4.69) is 0 Å². The largest absolute Gasteiger partial charge is 0.497 e. The van der Waals surface area contributed by atoms with Crippen molar-refractivity contribution in [2.75, 3.05) is 19.1 Å². The summed E-state index contributed by atoms with van der Waals surface area (Å²) in [5, 5.41) is 0. The third-order valence-corrected chi connectivity index (χ3v) is 7.42. The molecule has 2 amide bonds. The zero-order chi connectivity index (χ0) is 25.0. The van der Waals surface area contributed by atoms with Crippen molar-refractivity contribution >= 4 is 29.4 Å². The topological polar surface area (TPSA) is 76.2 Å². The molecule has 2 fully saturated rings. The molecule has 0 N–H and O–H groups in total. The highest BCUT2D eigenvalue weighted by Crippen LogP contribution is 2.54. The van der Waals surface area contributed by atoms with Crippen LogP contribution in [0.3, 0.4) is 0 Å². The monoisotopic (exact) mass is 480 g/mol. The number of methoxy groups -OCH3 is 2. The van der Waals surface area contributed by atoms with Crippen molar-refractivity contribution < 1.29 is 23.9 Å². The van der Waals surface area contributed by atoms with Crippen LogP contribution in [0.5, 0.6) is 11.5 Å². The van der Waals surface area contributed by atoms with E-state index >= 15 is 0 Å². The van der Waals surface area contributed by atoms with Gasteiger partial charge < -0.3 is 14.4 Å². The SMILES string of the molecule is COc1ccc(OC)c(N2C(=O)C3C(C2=O)C2c4ccccc4C=CN2C3C(=O)c2ccccc2)c1. The normalized spacial score (nSPS) is 23.8. The number of amides is 2. The fourth-order valence-corrected chi connectivity index (χ4v) is 5.84. The van der Waals surface area contributed by atoms with E-state index in [1.807, 2.05) is 47.5 Å². The molecule has 7 nitrogen and oxygen atoms in total. The van der Waals surface area contributed by atoms with Gasteiger partial charge in [-0.25, -0.2) is 4.90 Å². The molecule has 36 heavy (non-hydrogen) atoms. The highest BCUT2D eigenvalue weighted by Gasteiger charge is 2.64. The third kappa shape index (κ3) is 3.09. The van der Waals surface area contributed by atoms with Gasteiger partial charge in [0.25, 0.3) is 0 Å². The van der Waals surface area contributed by atoms with Gasteiger partial charge in [-0.1, -0.05) is 54.6 Å². The Morgan fingerprint density at radius 2 is 1.56 bits per heavy atom. The summed E-state index contributed by atoms with van der Waals surface area (Å²) in [4.78, 5) is 45.1. The summed E-state index contributed by atoms with van der Waals surface area (Å²) >= 11 is 0. The number of fused-ring (bicyclic) bond motifs is 5. The van der Waals surface area contributed by atoms with Crippen LogP contribution < -0.4 is 14.4 Å². The summed E-state index contributed by atoms with van der Waals surface area (Å²) in [6, 6.07) is 20.5. The summed E-state index contributed by atoms with van der Waals surface area (Å²) in [6.45, 7) is 0. The molecule has 0 aromatic heterocycles. The summed E-state index contributed by atoms with van der Waals surface area (Å²) in [7, 11) is 3.01. The van der Waals surface area contributed by atoms with Gasteiger partial charge in [0.2, 0.25) is 11.8 Å². The lowest BCUT2D eigenvalue weighted by Gasteiger charge is -2.35. The Labute approximate surface area is 208 Å². The van der Waals surface area contributed by atoms with E-state index < -0.39 is 29.8 Å². The third-order valence-electron chi connectivity index (χ3n) is 7.42. The maximum atomic E-state index is 14.1. The summed E-state index contributed by atoms with van der Waals surface area (Å²) in [5.74, 6) is -1.64. The maximum Gasteiger partial charge on any atom is 0.240 e. The van der Waals surface area contributed by atoms with Crippen molar-refractivity contribution in [3.63, 3.8) is 0 Å². The number of benzene rings is 3. The molecule has 0 radical (unpaired) electrons. The number of carbonyl (C=O) groups is 3. The van der Waals surface area contributed by atoms with Crippen LogP contribution in [0, 0.1) is 11.8 Å². The molecule has 6 rings (SSSR count). The molecule has 0 aliphatic carbocycles. The average Bonchev–Trinajstić information content (AvgIpc) is 3.40. The van der Waals surface area contributed by atoms with Crippen LogP contribution in [-0.2, 0) is 9.59 Å². The van der Waals surface area contributed by atoms with Gasteiger partial charge in [0.1, 0.15) is 17.5 Å². The number of imide groups is 1. The first kappa shape index (κ1) is 22.1. The number of Topliss-reactive ketones (excluding diaryl/α,β-unsaturated/α-hetero) is 1. The Morgan fingerprint density at radius 3 is 2.31 bits per heavy atom. The van der Waals surface area contributed by atoms with E-state index in [1.165, 1.54) is 19.1 Å². The first-order chi connectivity index (χ1) is 17.5. The molecule has 3 heterocycles. The number of anilines is 1. The predicted molar refractivity (Wildman–Crippen MR) is 134 cm³/mol. The minimum atomic E-state index is -0.845. The molecule has 7 heteroatoms. The van der Waals surface area contributed by atoms with Crippen molar-refractivity contribution in [2.45, 2.75) is 12.1 Å². The van der Waals surface area contributed by atoms with Crippen molar-refractivity contribution in [3.05, 3.63) is 95.7 Å². The van der Waals surface area contributed by atoms with Crippen molar-refractivity contribution in [1.82, 2.24) is 4.90 Å². The predicted octanol–water partition coefficient (Wildman–Crippen LogP) is 4.10. The second-order valence-electron chi connectivity index (χ2n) is 9.11. The number of carbonyl (C=O) groups excluding carboxylic acids is 3. The fourth-order valence-electron chi connectivity index (χ4n) is 5.84. The van der Waals surface area contributed by atoms with Gasteiger partial charge in [-0.15, -0.1) is 0 Å². The van der Waals surface area contributed by atoms with Gasteiger partial charge in [0.05, 0.1) is 37.8 Å². The van der Waals surface area contributed by atoms with Crippen LogP contribution >= 0.6 is 0 Å². The Morgan fingerprint density at radius 1 is 0.833 bits per heavy atom. The molecule has 4 unspecified atom stereocenters. The first-order valence-electron chi connectivity index (χ1n) is 11.8. The summed E-state index contributed by atoms with van der Waals surface area (Å²) in [5.41, 5.74) is 2.73. The van der Waals surface area contributed by atoms with Crippen LogP contribution in [0.4, 0.5) is 5.69 Å². The second kappa shape index (κ2) is 8.37. The van der Waals surface area contributed by atoms with E-state index in [4.69, 9.17) is 9.47 Å². The standard InChI is InChI=1S/C29H24N2O5/c1-35-19-12-13-22(36-2)21(16-19)31-28(33)23-24(29(31)34)26(27(32)18-9-4-3-5-10-18)30-15-14-17-8-6-7-11-20(17)25(23)30/h3-16,23-26H,1-2H3. The number of rotatable bonds is 5. The summed E-state index contributed by atoms with van der Waals surface area (Å²) in [6.07, 6.45) is 3.80. The summed E-state index contributed by atoms with van der Waals surface area (Å²) < 4.78 is 10.8. The van der Waals surface area contributed by atoms with Crippen LogP contribution in [0.15, 0.2) is 79.0 Å². The van der Waals surface area contributed by atoms with E-state index in [9.17, 15) is 14.4 Å².